The minimum absolute atomic E-state index is 0.137. The van der Waals surface area contributed by atoms with Gasteiger partial charge in [0.25, 0.3) is 0 Å². The van der Waals surface area contributed by atoms with Crippen molar-refractivity contribution in [2.45, 2.75) is 6.42 Å². The third-order valence-electron chi connectivity index (χ3n) is 3.96. The molecule has 0 saturated heterocycles. The van der Waals surface area contributed by atoms with E-state index in [1.807, 2.05) is 30.4 Å². The predicted octanol–water partition coefficient (Wildman–Crippen LogP) is 4.48. The number of aliphatic carboxylic acids is 1. The molecular weight excluding hydrogens is 369 g/mol. The van der Waals surface area contributed by atoms with Crippen LogP contribution < -0.4 is 9.47 Å². The van der Waals surface area contributed by atoms with Crippen molar-refractivity contribution in [2.75, 3.05) is 6.79 Å². The zero-order valence-corrected chi connectivity index (χ0v) is 14.8. The monoisotopic (exact) mass is 383 g/mol. The molecule has 0 amide bonds. The summed E-state index contributed by atoms with van der Waals surface area (Å²) in [5.41, 5.74) is 2.16. The molecule has 1 N–H and O–H groups in total. The molecule has 3 aromatic rings. The number of rotatable bonds is 5. The van der Waals surface area contributed by atoms with E-state index in [-0.39, 0.29) is 19.0 Å². The van der Waals surface area contributed by atoms with Crippen molar-refractivity contribution in [2.24, 2.45) is 0 Å². The Bertz CT molecular complexity index is 1030. The van der Waals surface area contributed by atoms with Crippen LogP contribution in [0.2, 0.25) is 0 Å². The smallest absolute Gasteiger partial charge is 0.308 e. The zero-order chi connectivity index (χ0) is 18.8. The Morgan fingerprint density at radius 3 is 2.70 bits per heavy atom. The number of hydrogen-bond acceptors (Lipinski definition) is 5. The Balaban J connectivity index is 1.64. The summed E-state index contributed by atoms with van der Waals surface area (Å²) in [6.07, 6.45) is 3.56. The molecule has 136 valence electrons. The normalized spacial score (nSPS) is 12.6. The highest BCUT2D eigenvalue weighted by Gasteiger charge is 2.15. The summed E-state index contributed by atoms with van der Waals surface area (Å²) in [4.78, 5) is 16.3. The Labute approximate surface area is 158 Å². The van der Waals surface area contributed by atoms with E-state index in [0.29, 0.717) is 32.6 Å². The van der Waals surface area contributed by atoms with Crippen LogP contribution in [-0.2, 0) is 11.2 Å². The van der Waals surface area contributed by atoms with Crippen LogP contribution in [0, 0.1) is 5.82 Å². The number of carboxylic acids is 1. The van der Waals surface area contributed by atoms with Crippen LogP contribution in [0.4, 0.5) is 4.39 Å². The molecule has 1 aliphatic rings. The first-order chi connectivity index (χ1) is 13.1. The van der Waals surface area contributed by atoms with Crippen molar-refractivity contribution < 1.29 is 23.8 Å². The maximum atomic E-state index is 13.2. The summed E-state index contributed by atoms with van der Waals surface area (Å²) in [7, 11) is 0. The molecule has 0 saturated carbocycles. The maximum Gasteiger partial charge on any atom is 0.308 e. The number of hydrogen-bond donors (Lipinski definition) is 1. The highest BCUT2D eigenvalue weighted by molar-refractivity contribution is 7.13. The van der Waals surface area contributed by atoms with Crippen LogP contribution in [0.5, 0.6) is 11.5 Å². The lowest BCUT2D eigenvalue weighted by Gasteiger charge is -2.00. The molecule has 0 atom stereocenters. The molecule has 0 aliphatic carbocycles. The average Bonchev–Trinajstić information content (AvgIpc) is 3.26. The van der Waals surface area contributed by atoms with Crippen LogP contribution in [0.1, 0.15) is 15.4 Å². The third-order valence-corrected chi connectivity index (χ3v) is 4.98. The summed E-state index contributed by atoms with van der Waals surface area (Å²) in [5.74, 6) is 0.114. The standard InChI is InChI=1S/C20H14FNO4S/c21-14-5-3-13(4-6-14)20-17(10-19(23)24)27-18(22-20)8-2-12-1-7-15-16(9-12)26-11-25-15/h1-9H,10-11H2,(H,23,24)/b8-2+. The SMILES string of the molecule is O=C(O)Cc1sc(/C=C/c2ccc3c(c2)OCO3)nc1-c1ccc(F)cc1. The largest absolute Gasteiger partial charge is 0.481 e. The lowest BCUT2D eigenvalue weighted by molar-refractivity contribution is -0.136. The number of nitrogens with zero attached hydrogens (tertiary/aromatic N) is 1. The van der Waals surface area contributed by atoms with Crippen LogP contribution >= 0.6 is 11.3 Å². The molecule has 5 nitrogen and oxygen atoms in total. The van der Waals surface area contributed by atoms with Crippen molar-refractivity contribution in [3.05, 3.63) is 63.7 Å². The Morgan fingerprint density at radius 1 is 1.15 bits per heavy atom. The van der Waals surface area contributed by atoms with Crippen LogP contribution in [0.25, 0.3) is 23.4 Å². The molecule has 0 unspecified atom stereocenters. The predicted molar refractivity (Wildman–Crippen MR) is 100 cm³/mol. The molecule has 2 heterocycles. The summed E-state index contributed by atoms with van der Waals surface area (Å²) in [5, 5.41) is 9.83. The molecule has 1 aliphatic heterocycles. The second-order valence-corrected chi connectivity index (χ2v) is 6.96. The molecule has 1 aromatic heterocycles. The molecular formula is C20H14FNO4S. The number of halogens is 1. The van der Waals surface area contributed by atoms with Crippen LogP contribution in [0.15, 0.2) is 42.5 Å². The van der Waals surface area contributed by atoms with E-state index in [4.69, 9.17) is 14.6 Å². The van der Waals surface area contributed by atoms with Crippen molar-refractivity contribution in [3.8, 4) is 22.8 Å². The Morgan fingerprint density at radius 2 is 1.93 bits per heavy atom. The number of aromatic nitrogens is 1. The molecule has 4 rings (SSSR count). The summed E-state index contributed by atoms with van der Waals surface area (Å²) >= 11 is 1.30. The van der Waals surface area contributed by atoms with Gasteiger partial charge in [0.05, 0.1) is 12.1 Å². The van der Waals surface area contributed by atoms with Gasteiger partial charge >= 0.3 is 5.97 Å². The fourth-order valence-corrected chi connectivity index (χ4v) is 3.70. The summed E-state index contributed by atoms with van der Waals surface area (Å²) in [6.45, 7) is 0.217. The zero-order valence-electron chi connectivity index (χ0n) is 14.0. The minimum Gasteiger partial charge on any atom is -0.481 e. The molecule has 27 heavy (non-hydrogen) atoms. The molecule has 0 bridgehead atoms. The Kier molecular flexibility index (Phi) is 4.60. The second-order valence-electron chi connectivity index (χ2n) is 5.85. The molecule has 2 aromatic carbocycles. The van der Waals surface area contributed by atoms with Gasteiger partial charge in [-0.25, -0.2) is 9.37 Å². The van der Waals surface area contributed by atoms with Crippen molar-refractivity contribution >= 4 is 29.5 Å². The van der Waals surface area contributed by atoms with Gasteiger partial charge in [0, 0.05) is 10.4 Å². The number of carbonyl (C=O) groups is 1. The lowest BCUT2D eigenvalue weighted by Crippen LogP contribution is -1.99. The average molecular weight is 383 g/mol. The number of benzene rings is 2. The van der Waals surface area contributed by atoms with Crippen molar-refractivity contribution in [1.82, 2.24) is 4.98 Å². The number of thiazole rings is 1. The lowest BCUT2D eigenvalue weighted by atomic mass is 10.1. The summed E-state index contributed by atoms with van der Waals surface area (Å²) in [6, 6.07) is 11.5. The van der Waals surface area contributed by atoms with E-state index in [0.717, 1.165) is 5.56 Å². The molecule has 0 radical (unpaired) electrons. The van der Waals surface area contributed by atoms with Gasteiger partial charge in [0.1, 0.15) is 10.8 Å². The van der Waals surface area contributed by atoms with Gasteiger partial charge in [-0.15, -0.1) is 11.3 Å². The first-order valence-electron chi connectivity index (χ1n) is 8.13. The van der Waals surface area contributed by atoms with Crippen LogP contribution in [-0.4, -0.2) is 22.9 Å². The molecule has 0 fully saturated rings. The van der Waals surface area contributed by atoms with Gasteiger partial charge < -0.3 is 14.6 Å². The van der Waals surface area contributed by atoms with E-state index in [1.165, 1.54) is 23.5 Å². The van der Waals surface area contributed by atoms with Gasteiger partial charge in [-0.05, 0) is 48.0 Å². The van der Waals surface area contributed by atoms with Gasteiger partial charge in [0.15, 0.2) is 11.5 Å². The van der Waals surface area contributed by atoms with Crippen molar-refractivity contribution in [1.29, 1.82) is 0 Å². The highest BCUT2D eigenvalue weighted by atomic mass is 32.1. The molecule has 7 heteroatoms. The van der Waals surface area contributed by atoms with E-state index in [9.17, 15) is 9.18 Å². The van der Waals surface area contributed by atoms with Crippen LogP contribution in [0.3, 0.4) is 0 Å². The van der Waals surface area contributed by atoms with Gasteiger partial charge in [-0.2, -0.15) is 0 Å². The fourth-order valence-electron chi connectivity index (χ4n) is 2.72. The van der Waals surface area contributed by atoms with Crippen molar-refractivity contribution in [3.63, 3.8) is 0 Å². The van der Waals surface area contributed by atoms with E-state index in [2.05, 4.69) is 4.98 Å². The fraction of sp³-hybridized carbons (Fsp3) is 0.100. The summed E-state index contributed by atoms with van der Waals surface area (Å²) < 4.78 is 23.8. The molecule has 0 spiro atoms. The number of ether oxygens (including phenoxy) is 2. The van der Waals surface area contributed by atoms with E-state index < -0.39 is 5.97 Å². The number of carboxylic acid groups (broad SMARTS) is 1. The quantitative estimate of drug-likeness (QED) is 0.704. The van der Waals surface area contributed by atoms with E-state index >= 15 is 0 Å². The van der Waals surface area contributed by atoms with Gasteiger partial charge in [-0.3, -0.25) is 4.79 Å². The maximum absolute atomic E-state index is 13.2. The second kappa shape index (κ2) is 7.20. The first kappa shape index (κ1) is 17.2. The van der Waals surface area contributed by atoms with Gasteiger partial charge in [-0.1, -0.05) is 12.1 Å². The topological polar surface area (TPSA) is 68.7 Å². The minimum atomic E-state index is -0.937. The first-order valence-corrected chi connectivity index (χ1v) is 8.95. The van der Waals surface area contributed by atoms with E-state index in [1.54, 1.807) is 12.1 Å². The van der Waals surface area contributed by atoms with Gasteiger partial charge in [0.2, 0.25) is 6.79 Å². The Hall–Kier alpha value is -3.19. The third kappa shape index (κ3) is 3.83. The number of fused-ring (bicyclic) bond motifs is 1. The highest BCUT2D eigenvalue weighted by Crippen LogP contribution is 2.34.